The number of carbonyl (C=O) groups is 3. The quantitative estimate of drug-likeness (QED) is 0.524. The van der Waals surface area contributed by atoms with Gasteiger partial charge in [-0.2, -0.15) is 0 Å². The fraction of sp³-hybridized carbons (Fsp3) is 0.812. The molecule has 0 bridgehead atoms. The molecular formula is C16H24N2O9. The Bertz CT molecular complexity index is 635. The van der Waals surface area contributed by atoms with E-state index in [9.17, 15) is 14.4 Å². The number of carbonyl (C=O) groups excluding carboxylic acids is 2. The van der Waals surface area contributed by atoms with E-state index in [2.05, 4.69) is 10.6 Å². The van der Waals surface area contributed by atoms with Gasteiger partial charge in [0.1, 0.15) is 24.9 Å². The van der Waals surface area contributed by atoms with Crippen LogP contribution >= 0.6 is 0 Å². The fourth-order valence-corrected chi connectivity index (χ4v) is 3.33. The Morgan fingerprint density at radius 3 is 2.11 bits per heavy atom. The van der Waals surface area contributed by atoms with Crippen LogP contribution < -0.4 is 10.6 Å². The topological polar surface area (TPSA) is 142 Å². The van der Waals surface area contributed by atoms with Crippen LogP contribution in [0, 0.1) is 0 Å². The van der Waals surface area contributed by atoms with Gasteiger partial charge in [-0.25, -0.2) is 0 Å². The third kappa shape index (κ3) is 4.38. The summed E-state index contributed by atoms with van der Waals surface area (Å²) < 4.78 is 29.0. The highest BCUT2D eigenvalue weighted by atomic mass is 16.9. The van der Waals surface area contributed by atoms with Gasteiger partial charge < -0.3 is 39.4 Å². The Labute approximate surface area is 155 Å². The van der Waals surface area contributed by atoms with Gasteiger partial charge in [0.15, 0.2) is 24.0 Å². The summed E-state index contributed by atoms with van der Waals surface area (Å²) in [6.07, 6.45) is -3.80. The minimum absolute atomic E-state index is 0.398. The van der Waals surface area contributed by atoms with Crippen LogP contribution in [0.1, 0.15) is 27.7 Å². The van der Waals surface area contributed by atoms with Crippen molar-refractivity contribution in [3.63, 3.8) is 0 Å². The minimum Gasteiger partial charge on any atom is -0.480 e. The maximum absolute atomic E-state index is 12.6. The molecule has 0 aromatic heterocycles. The Morgan fingerprint density at radius 2 is 1.44 bits per heavy atom. The smallest absolute Gasteiger partial charge is 0.322 e. The van der Waals surface area contributed by atoms with Crippen LogP contribution in [-0.4, -0.2) is 78.3 Å². The third-order valence-corrected chi connectivity index (χ3v) is 4.27. The van der Waals surface area contributed by atoms with E-state index < -0.39 is 73.2 Å². The fourth-order valence-electron chi connectivity index (χ4n) is 3.33. The molecule has 3 N–H and O–H groups in total. The lowest BCUT2D eigenvalue weighted by Gasteiger charge is -2.36. The van der Waals surface area contributed by atoms with E-state index in [1.807, 2.05) is 0 Å². The first kappa shape index (κ1) is 20.0. The number of rotatable bonds is 5. The van der Waals surface area contributed by atoms with E-state index in [1.54, 1.807) is 27.7 Å². The molecule has 3 rings (SSSR count). The number of amides is 2. The van der Waals surface area contributed by atoms with Crippen molar-refractivity contribution in [1.82, 2.24) is 10.6 Å². The Hall–Kier alpha value is -1.79. The molecule has 3 saturated heterocycles. The number of nitrogens with one attached hydrogen (secondary N) is 2. The van der Waals surface area contributed by atoms with Crippen LogP contribution in [-0.2, 0) is 38.1 Å². The lowest BCUT2D eigenvalue weighted by atomic mass is 9.98. The molecule has 0 saturated carbocycles. The zero-order valence-corrected chi connectivity index (χ0v) is 15.5. The molecular weight excluding hydrogens is 364 g/mol. The minimum atomic E-state index is -1.18. The van der Waals surface area contributed by atoms with Crippen LogP contribution in [0.25, 0.3) is 0 Å². The first-order valence-electron chi connectivity index (χ1n) is 8.60. The highest BCUT2D eigenvalue weighted by Crippen LogP contribution is 2.44. The highest BCUT2D eigenvalue weighted by Gasteiger charge is 2.62. The van der Waals surface area contributed by atoms with Gasteiger partial charge >= 0.3 is 5.97 Å². The van der Waals surface area contributed by atoms with Crippen molar-refractivity contribution >= 4 is 17.8 Å². The number of carboxylic acids is 1. The van der Waals surface area contributed by atoms with Crippen molar-refractivity contribution < 1.29 is 43.2 Å². The van der Waals surface area contributed by atoms with Gasteiger partial charge in [-0.05, 0) is 27.7 Å². The molecule has 11 heteroatoms. The zero-order valence-electron chi connectivity index (χ0n) is 15.5. The van der Waals surface area contributed by atoms with Gasteiger partial charge in [-0.1, -0.05) is 0 Å². The van der Waals surface area contributed by atoms with E-state index in [-0.39, 0.29) is 0 Å². The van der Waals surface area contributed by atoms with Crippen molar-refractivity contribution in [3.05, 3.63) is 0 Å². The summed E-state index contributed by atoms with van der Waals surface area (Å²) in [5, 5.41) is 13.1. The molecule has 5 atom stereocenters. The molecule has 0 aromatic rings. The summed E-state index contributed by atoms with van der Waals surface area (Å²) in [5.41, 5.74) is 0. The molecule has 0 aliphatic carbocycles. The number of ether oxygens (including phenoxy) is 5. The van der Waals surface area contributed by atoms with Crippen LogP contribution in [0.5, 0.6) is 0 Å². The van der Waals surface area contributed by atoms with E-state index in [0.717, 1.165) is 0 Å². The molecule has 0 radical (unpaired) electrons. The first-order valence-corrected chi connectivity index (χ1v) is 8.60. The Balaban J connectivity index is 1.66. The molecule has 3 aliphatic heterocycles. The lowest BCUT2D eigenvalue weighted by molar-refractivity contribution is -0.231. The monoisotopic (exact) mass is 388 g/mol. The summed E-state index contributed by atoms with van der Waals surface area (Å²) in [6, 6.07) is 0. The van der Waals surface area contributed by atoms with Crippen LogP contribution in [0.15, 0.2) is 0 Å². The summed E-state index contributed by atoms with van der Waals surface area (Å²) >= 11 is 0. The molecule has 2 amide bonds. The molecule has 27 heavy (non-hydrogen) atoms. The molecule has 152 valence electrons. The molecule has 3 heterocycles. The van der Waals surface area contributed by atoms with Crippen molar-refractivity contribution in [3.8, 4) is 0 Å². The molecule has 0 aromatic carbocycles. The number of fused-ring (bicyclic) bond motifs is 3. The van der Waals surface area contributed by atoms with Crippen LogP contribution in [0.3, 0.4) is 0 Å². The summed E-state index contributed by atoms with van der Waals surface area (Å²) in [4.78, 5) is 34.6. The number of aliphatic carboxylic acids is 1. The van der Waals surface area contributed by atoms with E-state index >= 15 is 0 Å². The van der Waals surface area contributed by atoms with E-state index in [1.165, 1.54) is 0 Å². The average Bonchev–Trinajstić information content (AvgIpc) is 3.03. The van der Waals surface area contributed by atoms with Crippen LogP contribution in [0.2, 0.25) is 0 Å². The summed E-state index contributed by atoms with van der Waals surface area (Å²) in [6.45, 7) is 5.96. The standard InChI is InChI=1S/C16H24N2O9/c1-15(2)24-9-10(25-15)12-14(27-16(3,4)26-12)23-11(9)13(22)18-5-7(19)17-6-8(20)21/h9-12,14H,5-6H2,1-4H3,(H,17,19)(H,18,22)(H,20,21)/t9-,10+,11-,12-,14-/m1/s1. The Kier molecular flexibility index (Phi) is 5.16. The number of carboxylic acid groups (broad SMARTS) is 1. The Morgan fingerprint density at radius 1 is 0.852 bits per heavy atom. The van der Waals surface area contributed by atoms with Gasteiger partial charge in [0.2, 0.25) is 5.91 Å². The average molecular weight is 388 g/mol. The normalized spacial score (nSPS) is 35.8. The van der Waals surface area contributed by atoms with Crippen molar-refractivity contribution in [2.45, 2.75) is 70.0 Å². The van der Waals surface area contributed by atoms with Crippen molar-refractivity contribution in [2.75, 3.05) is 13.1 Å². The van der Waals surface area contributed by atoms with Crippen molar-refractivity contribution in [2.24, 2.45) is 0 Å². The van der Waals surface area contributed by atoms with Gasteiger partial charge in [0.25, 0.3) is 5.91 Å². The van der Waals surface area contributed by atoms with Gasteiger partial charge in [-0.15, -0.1) is 0 Å². The van der Waals surface area contributed by atoms with Crippen LogP contribution in [0.4, 0.5) is 0 Å². The summed E-state index contributed by atoms with van der Waals surface area (Å²) in [5.74, 6) is -4.26. The number of hydrogen-bond donors (Lipinski definition) is 3. The van der Waals surface area contributed by atoms with E-state index in [0.29, 0.717) is 0 Å². The van der Waals surface area contributed by atoms with Gasteiger partial charge in [0, 0.05) is 0 Å². The maximum atomic E-state index is 12.6. The largest absolute Gasteiger partial charge is 0.480 e. The van der Waals surface area contributed by atoms with Crippen molar-refractivity contribution in [1.29, 1.82) is 0 Å². The second-order valence-electron chi connectivity index (χ2n) is 7.48. The SMILES string of the molecule is CC1(C)O[C@H]2[C@@H](O1)[C@H](C(=O)NCC(=O)NCC(=O)O)O[C@@H]1OC(C)(C)O[C@@H]12. The van der Waals surface area contributed by atoms with E-state index in [4.69, 9.17) is 28.8 Å². The van der Waals surface area contributed by atoms with Gasteiger partial charge in [0.05, 0.1) is 6.54 Å². The molecule has 11 nitrogen and oxygen atoms in total. The maximum Gasteiger partial charge on any atom is 0.322 e. The second kappa shape index (κ2) is 6.99. The first-order chi connectivity index (χ1) is 12.5. The predicted molar refractivity (Wildman–Crippen MR) is 86.2 cm³/mol. The summed E-state index contributed by atoms with van der Waals surface area (Å²) in [7, 11) is 0. The zero-order chi connectivity index (χ0) is 20.0. The highest BCUT2D eigenvalue weighted by molar-refractivity contribution is 5.88. The number of hydrogen-bond acceptors (Lipinski definition) is 8. The predicted octanol–water partition coefficient (Wildman–Crippen LogP) is -1.30. The molecule has 0 spiro atoms. The van der Waals surface area contributed by atoms with Gasteiger partial charge in [-0.3, -0.25) is 14.4 Å². The lowest BCUT2D eigenvalue weighted by Crippen LogP contribution is -2.60. The molecule has 3 aliphatic rings. The molecule has 3 fully saturated rings. The third-order valence-electron chi connectivity index (χ3n) is 4.27. The second-order valence-corrected chi connectivity index (χ2v) is 7.48. The molecule has 0 unspecified atom stereocenters.